The van der Waals surface area contributed by atoms with Gasteiger partial charge in [0.2, 0.25) is 11.7 Å². The highest BCUT2D eigenvalue weighted by molar-refractivity contribution is 6.05. The predicted molar refractivity (Wildman–Crippen MR) is 123 cm³/mol. The monoisotopic (exact) mass is 493 g/mol. The van der Waals surface area contributed by atoms with Gasteiger partial charge in [0.1, 0.15) is 11.5 Å². The van der Waals surface area contributed by atoms with E-state index in [1.54, 1.807) is 32.0 Å². The summed E-state index contributed by atoms with van der Waals surface area (Å²) in [5.41, 5.74) is 2.01. The number of esters is 2. The van der Waals surface area contributed by atoms with Gasteiger partial charge in [-0.2, -0.15) is 4.98 Å². The smallest absolute Gasteiger partial charge is 0.344 e. The summed E-state index contributed by atoms with van der Waals surface area (Å²) in [6.07, 6.45) is 0. The third-order valence-corrected chi connectivity index (χ3v) is 5.27. The number of ether oxygens (including phenoxy) is 3. The van der Waals surface area contributed by atoms with Crippen molar-refractivity contribution in [3.8, 4) is 22.9 Å². The number of nitrogens with zero attached hydrogens (tertiary/aromatic N) is 3. The van der Waals surface area contributed by atoms with Crippen molar-refractivity contribution in [3.05, 3.63) is 59.0 Å². The molecule has 11 nitrogen and oxygen atoms in total. The van der Waals surface area contributed by atoms with Crippen molar-refractivity contribution in [1.29, 1.82) is 0 Å². The summed E-state index contributed by atoms with van der Waals surface area (Å²) in [7, 11) is 0. The van der Waals surface area contributed by atoms with Crippen LogP contribution in [0.4, 0.5) is 0 Å². The number of hydrogen-bond acceptors (Lipinski definition) is 10. The summed E-state index contributed by atoms with van der Waals surface area (Å²) < 4.78 is 20.4. The first-order valence-corrected chi connectivity index (χ1v) is 11.1. The molecule has 0 N–H and O–H groups in total. The van der Waals surface area contributed by atoms with Gasteiger partial charge in [0.25, 0.3) is 5.91 Å². The zero-order valence-corrected chi connectivity index (χ0v) is 19.9. The fraction of sp³-hybridized carbons (Fsp3) is 0.280. The van der Waals surface area contributed by atoms with Gasteiger partial charge in [0.05, 0.1) is 18.7 Å². The van der Waals surface area contributed by atoms with Gasteiger partial charge < -0.3 is 23.6 Å². The zero-order valence-electron chi connectivity index (χ0n) is 19.9. The Morgan fingerprint density at radius 3 is 2.64 bits per heavy atom. The molecule has 0 aliphatic carbocycles. The van der Waals surface area contributed by atoms with Gasteiger partial charge in [-0.15, -0.1) is 0 Å². The number of aryl methyl sites for hydroxylation is 1. The average molecular weight is 493 g/mol. The molecule has 11 heteroatoms. The highest BCUT2D eigenvalue weighted by atomic mass is 16.6. The Bertz CT molecular complexity index is 1350. The van der Waals surface area contributed by atoms with Crippen molar-refractivity contribution in [2.75, 3.05) is 19.8 Å². The molecule has 0 spiro atoms. The predicted octanol–water partition coefficient (Wildman–Crippen LogP) is 2.75. The van der Waals surface area contributed by atoms with Gasteiger partial charge in [-0.3, -0.25) is 14.4 Å². The van der Waals surface area contributed by atoms with Crippen LogP contribution in [0.5, 0.6) is 11.5 Å². The van der Waals surface area contributed by atoms with Crippen LogP contribution in [0.2, 0.25) is 0 Å². The molecule has 2 heterocycles. The number of benzene rings is 2. The molecule has 1 aromatic heterocycles. The maximum absolute atomic E-state index is 13.1. The van der Waals surface area contributed by atoms with E-state index in [4.69, 9.17) is 18.7 Å². The van der Waals surface area contributed by atoms with Crippen molar-refractivity contribution in [1.82, 2.24) is 15.0 Å². The van der Waals surface area contributed by atoms with E-state index in [0.29, 0.717) is 22.8 Å². The lowest BCUT2D eigenvalue weighted by atomic mass is 10.1. The lowest BCUT2D eigenvalue weighted by molar-refractivity contribution is -0.145. The maximum Gasteiger partial charge on any atom is 0.344 e. The van der Waals surface area contributed by atoms with Crippen LogP contribution in [0.15, 0.2) is 40.9 Å². The number of aromatic nitrogens is 2. The van der Waals surface area contributed by atoms with Crippen molar-refractivity contribution < 1.29 is 37.9 Å². The van der Waals surface area contributed by atoms with Crippen molar-refractivity contribution in [2.24, 2.45) is 0 Å². The van der Waals surface area contributed by atoms with E-state index in [2.05, 4.69) is 10.1 Å². The molecular formula is C25H23N3O8. The van der Waals surface area contributed by atoms with Crippen molar-refractivity contribution >= 4 is 23.6 Å². The third kappa shape index (κ3) is 5.40. The molecule has 1 aliphatic rings. The third-order valence-electron chi connectivity index (χ3n) is 5.27. The Morgan fingerprint density at radius 1 is 1.14 bits per heavy atom. The zero-order chi connectivity index (χ0) is 25.8. The van der Waals surface area contributed by atoms with E-state index < -0.39 is 17.7 Å². The summed E-state index contributed by atoms with van der Waals surface area (Å²) in [6, 6.07) is 9.42. The SMILES string of the molecule is CCOC(=O)COc1ccc(C(=O)CN2Cc3cc(-c4noc(C)n4)ccc3C2=O)c(OC(C)=O)c1. The summed E-state index contributed by atoms with van der Waals surface area (Å²) >= 11 is 0. The number of fused-ring (bicyclic) bond motifs is 1. The molecule has 0 saturated carbocycles. The average Bonchev–Trinajstić information content (AvgIpc) is 3.40. The van der Waals surface area contributed by atoms with Gasteiger partial charge in [-0.25, -0.2) is 4.79 Å². The topological polar surface area (TPSA) is 138 Å². The maximum atomic E-state index is 13.1. The first-order chi connectivity index (χ1) is 17.2. The Hall–Kier alpha value is -4.54. The Morgan fingerprint density at radius 2 is 1.94 bits per heavy atom. The number of Topliss-reactive ketones (excluding diaryl/α,β-unsaturated/α-hetero) is 1. The molecule has 186 valence electrons. The number of carbonyl (C=O) groups is 4. The van der Waals surface area contributed by atoms with E-state index >= 15 is 0 Å². The largest absolute Gasteiger partial charge is 0.482 e. The van der Waals surface area contributed by atoms with E-state index in [9.17, 15) is 19.2 Å². The summed E-state index contributed by atoms with van der Waals surface area (Å²) in [5, 5.41) is 3.89. The molecule has 3 aromatic rings. The van der Waals surface area contributed by atoms with E-state index in [-0.39, 0.29) is 49.3 Å². The van der Waals surface area contributed by atoms with Gasteiger partial charge in [-0.05, 0) is 36.8 Å². The van der Waals surface area contributed by atoms with Crippen LogP contribution in [-0.2, 0) is 20.9 Å². The minimum atomic E-state index is -0.638. The fourth-order valence-corrected chi connectivity index (χ4v) is 3.73. The summed E-state index contributed by atoms with van der Waals surface area (Å²) in [6.45, 7) is 4.41. The normalized spacial score (nSPS) is 12.3. The number of carbonyl (C=O) groups excluding carboxylic acids is 4. The molecule has 0 bridgehead atoms. The van der Waals surface area contributed by atoms with Crippen LogP contribution >= 0.6 is 0 Å². The quantitative estimate of drug-likeness (QED) is 0.248. The standard InChI is InChI=1S/C25H23N3O8/c1-4-33-23(31)13-34-18-6-8-20(22(10-18)35-15(3)29)21(30)12-28-11-17-9-16(5-7-19(17)25(28)32)24-26-14(2)36-27-24/h5-10H,4,11-13H2,1-3H3. The second-order valence-electron chi connectivity index (χ2n) is 7.94. The first-order valence-electron chi connectivity index (χ1n) is 11.1. The lowest BCUT2D eigenvalue weighted by Crippen LogP contribution is -2.30. The molecule has 0 atom stereocenters. The number of rotatable bonds is 9. The lowest BCUT2D eigenvalue weighted by Gasteiger charge is -2.16. The first kappa shape index (κ1) is 24.6. The summed E-state index contributed by atoms with van der Waals surface area (Å²) in [5.74, 6) is -0.909. The number of ketones is 1. The minimum absolute atomic E-state index is 0.0345. The fourth-order valence-electron chi connectivity index (χ4n) is 3.73. The minimum Gasteiger partial charge on any atom is -0.482 e. The summed E-state index contributed by atoms with van der Waals surface area (Å²) in [4.78, 5) is 54.8. The number of amides is 1. The van der Waals surface area contributed by atoms with Gasteiger partial charge in [-0.1, -0.05) is 11.2 Å². The van der Waals surface area contributed by atoms with Crippen LogP contribution in [0, 0.1) is 6.92 Å². The Kier molecular flexibility index (Phi) is 7.09. The molecule has 1 amide bonds. The van der Waals surface area contributed by atoms with Crippen molar-refractivity contribution in [2.45, 2.75) is 27.3 Å². The second-order valence-corrected chi connectivity index (χ2v) is 7.94. The van der Waals surface area contributed by atoms with Crippen LogP contribution in [0.1, 0.15) is 46.0 Å². The van der Waals surface area contributed by atoms with Gasteiger partial charge in [0.15, 0.2) is 12.4 Å². The molecule has 0 radical (unpaired) electrons. The molecule has 1 aliphatic heterocycles. The van der Waals surface area contributed by atoms with E-state index in [1.807, 2.05) is 0 Å². The second kappa shape index (κ2) is 10.4. The molecule has 4 rings (SSSR count). The van der Waals surface area contributed by atoms with Crippen LogP contribution < -0.4 is 9.47 Å². The highest BCUT2D eigenvalue weighted by Gasteiger charge is 2.30. The van der Waals surface area contributed by atoms with Gasteiger partial charge >= 0.3 is 11.9 Å². The van der Waals surface area contributed by atoms with E-state index in [0.717, 1.165) is 5.56 Å². The Labute approximate surface area is 205 Å². The molecule has 0 unspecified atom stereocenters. The van der Waals surface area contributed by atoms with Crippen LogP contribution in [-0.4, -0.2) is 58.4 Å². The van der Waals surface area contributed by atoms with Gasteiger partial charge in [0, 0.05) is 37.6 Å². The number of hydrogen-bond donors (Lipinski definition) is 0. The molecule has 2 aromatic carbocycles. The molecule has 0 fully saturated rings. The van der Waals surface area contributed by atoms with Crippen LogP contribution in [0.3, 0.4) is 0 Å². The Balaban J connectivity index is 1.49. The van der Waals surface area contributed by atoms with E-state index in [1.165, 1.54) is 30.0 Å². The molecule has 0 saturated heterocycles. The van der Waals surface area contributed by atoms with Crippen LogP contribution in [0.25, 0.3) is 11.4 Å². The molecule has 36 heavy (non-hydrogen) atoms. The highest BCUT2D eigenvalue weighted by Crippen LogP contribution is 2.30. The van der Waals surface area contributed by atoms with Crippen molar-refractivity contribution in [3.63, 3.8) is 0 Å². The molecular weight excluding hydrogens is 470 g/mol.